The van der Waals surface area contributed by atoms with Gasteiger partial charge in [0.2, 0.25) is 0 Å². The second-order valence-electron chi connectivity index (χ2n) is 6.98. The summed E-state index contributed by atoms with van der Waals surface area (Å²) in [5, 5.41) is 4.16. The summed E-state index contributed by atoms with van der Waals surface area (Å²) in [6.07, 6.45) is 1.75. The van der Waals surface area contributed by atoms with Gasteiger partial charge in [0.1, 0.15) is 11.4 Å². The normalized spacial score (nSPS) is 15.4. The van der Waals surface area contributed by atoms with Crippen LogP contribution in [0.15, 0.2) is 36.4 Å². The number of aryl methyl sites for hydroxylation is 2. The van der Waals surface area contributed by atoms with Crippen molar-refractivity contribution in [2.24, 2.45) is 7.05 Å². The van der Waals surface area contributed by atoms with Crippen LogP contribution in [-0.4, -0.2) is 31.8 Å². The van der Waals surface area contributed by atoms with E-state index in [0.717, 1.165) is 40.8 Å². The smallest absolute Gasteiger partial charge is 0.268 e. The lowest BCUT2D eigenvalue weighted by Gasteiger charge is -2.16. The summed E-state index contributed by atoms with van der Waals surface area (Å²) in [4.78, 5) is 13.0. The van der Waals surface area contributed by atoms with E-state index in [1.807, 2.05) is 48.0 Å². The molecule has 1 aromatic heterocycles. The summed E-state index contributed by atoms with van der Waals surface area (Å²) in [6.45, 7) is 0. The molecule has 1 N–H and O–H groups in total. The fourth-order valence-corrected chi connectivity index (χ4v) is 3.99. The molecule has 146 valence electrons. The minimum atomic E-state index is -0.0923. The molecule has 3 aromatic rings. The Morgan fingerprint density at radius 2 is 1.79 bits per heavy atom. The van der Waals surface area contributed by atoms with Gasteiger partial charge in [0.25, 0.3) is 5.91 Å². The lowest BCUT2D eigenvalue weighted by Crippen LogP contribution is -2.28. The third-order valence-corrected chi connectivity index (χ3v) is 5.51. The molecule has 2 aromatic carbocycles. The summed E-state index contributed by atoms with van der Waals surface area (Å²) in [5.41, 5.74) is 3.89. The van der Waals surface area contributed by atoms with Crippen molar-refractivity contribution in [3.05, 3.63) is 53.2 Å². The van der Waals surface area contributed by atoms with Crippen molar-refractivity contribution in [2.75, 3.05) is 21.3 Å². The molecule has 28 heavy (non-hydrogen) atoms. The van der Waals surface area contributed by atoms with Gasteiger partial charge in [0.15, 0.2) is 11.5 Å². The van der Waals surface area contributed by atoms with Crippen molar-refractivity contribution in [3.8, 4) is 17.2 Å². The summed E-state index contributed by atoms with van der Waals surface area (Å²) in [5.74, 6) is 2.08. The standard InChI is InChI=1S/C22H24N2O4/c1-24-18-8-6-15(26-2)9-14(18)10-19(24)22(25)23-17-7-5-13-11-20(27-3)21(28-4)12-16(13)17/h6,8-12,17H,5,7H2,1-4H3,(H,23,25)/t17-/m1/s1. The van der Waals surface area contributed by atoms with Gasteiger partial charge >= 0.3 is 0 Å². The Labute approximate surface area is 164 Å². The van der Waals surface area contributed by atoms with Gasteiger partial charge in [-0.15, -0.1) is 0 Å². The average Bonchev–Trinajstić information content (AvgIpc) is 3.26. The molecule has 4 rings (SSSR count). The number of methoxy groups -OCH3 is 3. The van der Waals surface area contributed by atoms with Crippen molar-refractivity contribution in [1.82, 2.24) is 9.88 Å². The molecule has 1 aliphatic rings. The highest BCUT2D eigenvalue weighted by Crippen LogP contribution is 2.39. The molecular weight excluding hydrogens is 356 g/mol. The Kier molecular flexibility index (Phi) is 4.63. The van der Waals surface area contributed by atoms with Crippen LogP contribution in [0, 0.1) is 0 Å². The second-order valence-corrected chi connectivity index (χ2v) is 6.98. The van der Waals surface area contributed by atoms with Crippen LogP contribution in [0.3, 0.4) is 0 Å². The third kappa shape index (κ3) is 2.95. The summed E-state index contributed by atoms with van der Waals surface area (Å²) >= 11 is 0. The molecule has 6 nitrogen and oxygen atoms in total. The van der Waals surface area contributed by atoms with Gasteiger partial charge in [0.05, 0.1) is 27.4 Å². The number of rotatable bonds is 5. The molecule has 0 saturated heterocycles. The first-order valence-corrected chi connectivity index (χ1v) is 9.24. The molecule has 1 amide bonds. The molecule has 0 saturated carbocycles. The highest BCUT2D eigenvalue weighted by Gasteiger charge is 2.27. The number of fused-ring (bicyclic) bond motifs is 2. The number of ether oxygens (including phenoxy) is 3. The molecule has 0 aliphatic heterocycles. The third-order valence-electron chi connectivity index (χ3n) is 5.51. The van der Waals surface area contributed by atoms with E-state index >= 15 is 0 Å². The van der Waals surface area contributed by atoms with Crippen LogP contribution >= 0.6 is 0 Å². The number of nitrogens with one attached hydrogen (secondary N) is 1. The fourth-order valence-electron chi connectivity index (χ4n) is 3.99. The van der Waals surface area contributed by atoms with Crippen LogP contribution in [0.2, 0.25) is 0 Å². The number of carbonyl (C=O) groups is 1. The fraction of sp³-hybridized carbons (Fsp3) is 0.318. The summed E-state index contributed by atoms with van der Waals surface area (Å²) in [7, 11) is 6.79. The topological polar surface area (TPSA) is 61.7 Å². The SMILES string of the molecule is COc1ccc2c(c1)cc(C(=O)N[C@@H]1CCc3cc(OC)c(OC)cc31)n2C. The van der Waals surface area contributed by atoms with Crippen LogP contribution in [-0.2, 0) is 13.5 Å². The lowest BCUT2D eigenvalue weighted by atomic mass is 10.1. The predicted octanol–water partition coefficient (Wildman–Crippen LogP) is 3.62. The highest BCUT2D eigenvalue weighted by molar-refractivity contribution is 5.99. The average molecular weight is 380 g/mol. The number of carbonyl (C=O) groups excluding carboxylic acids is 1. The summed E-state index contributed by atoms with van der Waals surface area (Å²) in [6, 6.07) is 11.6. The number of aromatic nitrogens is 1. The Hall–Kier alpha value is -3.15. The van der Waals surface area contributed by atoms with Gasteiger partial charge in [-0.1, -0.05) is 0 Å². The molecule has 0 spiro atoms. The Morgan fingerprint density at radius 1 is 1.04 bits per heavy atom. The number of benzene rings is 2. The van der Waals surface area contributed by atoms with E-state index in [4.69, 9.17) is 14.2 Å². The van der Waals surface area contributed by atoms with E-state index in [-0.39, 0.29) is 11.9 Å². The van der Waals surface area contributed by atoms with Crippen LogP contribution < -0.4 is 19.5 Å². The van der Waals surface area contributed by atoms with Crippen molar-refractivity contribution in [1.29, 1.82) is 0 Å². The molecule has 0 radical (unpaired) electrons. The van der Waals surface area contributed by atoms with Crippen LogP contribution in [0.4, 0.5) is 0 Å². The van der Waals surface area contributed by atoms with Crippen molar-refractivity contribution in [2.45, 2.75) is 18.9 Å². The number of nitrogens with zero attached hydrogens (tertiary/aromatic N) is 1. The van der Waals surface area contributed by atoms with Crippen LogP contribution in [0.25, 0.3) is 10.9 Å². The monoisotopic (exact) mass is 380 g/mol. The van der Waals surface area contributed by atoms with Gasteiger partial charge in [-0.25, -0.2) is 0 Å². The van der Waals surface area contributed by atoms with Gasteiger partial charge in [-0.05, 0) is 60.4 Å². The molecule has 0 fully saturated rings. The van der Waals surface area contributed by atoms with E-state index in [0.29, 0.717) is 11.4 Å². The first kappa shape index (κ1) is 18.2. The second kappa shape index (κ2) is 7.11. The van der Waals surface area contributed by atoms with E-state index in [2.05, 4.69) is 5.32 Å². The zero-order chi connectivity index (χ0) is 19.8. The molecule has 6 heteroatoms. The Morgan fingerprint density at radius 3 is 2.50 bits per heavy atom. The molecular formula is C22H24N2O4. The van der Waals surface area contributed by atoms with Gasteiger partial charge < -0.3 is 24.1 Å². The lowest BCUT2D eigenvalue weighted by molar-refractivity contribution is 0.0929. The zero-order valence-electron chi connectivity index (χ0n) is 16.5. The van der Waals surface area contributed by atoms with Crippen molar-refractivity contribution < 1.29 is 19.0 Å². The van der Waals surface area contributed by atoms with Gasteiger partial charge in [-0.3, -0.25) is 4.79 Å². The molecule has 0 bridgehead atoms. The maximum Gasteiger partial charge on any atom is 0.268 e. The van der Waals surface area contributed by atoms with E-state index < -0.39 is 0 Å². The van der Waals surface area contributed by atoms with E-state index in [1.54, 1.807) is 21.3 Å². The quantitative estimate of drug-likeness (QED) is 0.734. The van der Waals surface area contributed by atoms with Crippen LogP contribution in [0.1, 0.15) is 34.1 Å². The van der Waals surface area contributed by atoms with Gasteiger partial charge in [0, 0.05) is 18.0 Å². The first-order valence-electron chi connectivity index (χ1n) is 9.24. The Bertz CT molecular complexity index is 1050. The maximum absolute atomic E-state index is 13.0. The molecule has 1 aliphatic carbocycles. The Balaban J connectivity index is 1.62. The first-order chi connectivity index (χ1) is 13.5. The van der Waals surface area contributed by atoms with E-state index in [1.165, 1.54) is 5.56 Å². The predicted molar refractivity (Wildman–Crippen MR) is 108 cm³/mol. The molecule has 1 atom stereocenters. The molecule has 0 unspecified atom stereocenters. The minimum absolute atomic E-state index is 0.0464. The van der Waals surface area contributed by atoms with E-state index in [9.17, 15) is 4.79 Å². The molecule has 1 heterocycles. The maximum atomic E-state index is 13.0. The van der Waals surface area contributed by atoms with Gasteiger partial charge in [-0.2, -0.15) is 0 Å². The highest BCUT2D eigenvalue weighted by atomic mass is 16.5. The van der Waals surface area contributed by atoms with Crippen molar-refractivity contribution >= 4 is 16.8 Å². The summed E-state index contributed by atoms with van der Waals surface area (Å²) < 4.78 is 18.0. The minimum Gasteiger partial charge on any atom is -0.497 e. The largest absolute Gasteiger partial charge is 0.497 e. The van der Waals surface area contributed by atoms with Crippen LogP contribution in [0.5, 0.6) is 17.2 Å². The zero-order valence-corrected chi connectivity index (χ0v) is 16.5. The van der Waals surface area contributed by atoms with Crippen molar-refractivity contribution in [3.63, 3.8) is 0 Å². The number of hydrogen-bond donors (Lipinski definition) is 1. The number of amides is 1. The number of hydrogen-bond acceptors (Lipinski definition) is 4.